The van der Waals surface area contributed by atoms with Crippen molar-refractivity contribution in [3.8, 4) is 5.75 Å². The fourth-order valence-corrected chi connectivity index (χ4v) is 4.22. The smallest absolute Gasteiger partial charge is 0.420 e. The van der Waals surface area contributed by atoms with Gasteiger partial charge in [-0.3, -0.25) is 9.48 Å². The summed E-state index contributed by atoms with van der Waals surface area (Å²) < 4.78 is 69.7. The number of aryl methyl sites for hydroxylation is 1. The molecule has 0 spiro atoms. The number of hydrogen-bond donors (Lipinski definition) is 1. The van der Waals surface area contributed by atoms with Crippen LogP contribution in [0.2, 0.25) is 0 Å². The highest BCUT2D eigenvalue weighted by molar-refractivity contribution is 7.91. The Morgan fingerprint density at radius 3 is 2.77 bits per heavy atom. The average molecular weight is 389 g/mol. The molecule has 0 bridgehead atoms. The number of nitrogens with zero attached hydrogens (tertiary/aromatic N) is 2. The van der Waals surface area contributed by atoms with E-state index in [0.717, 1.165) is 4.68 Å². The first-order chi connectivity index (χ1) is 12.1. The lowest BCUT2D eigenvalue weighted by atomic mass is 10.2. The molecule has 1 amide bonds. The van der Waals surface area contributed by atoms with E-state index < -0.39 is 39.3 Å². The number of carbonyl (C=O) groups is 1. The molecule has 7 nitrogen and oxygen atoms in total. The summed E-state index contributed by atoms with van der Waals surface area (Å²) in [6.07, 6.45) is -5.08. The second kappa shape index (κ2) is 6.31. The van der Waals surface area contributed by atoms with E-state index in [1.54, 1.807) is 12.1 Å². The zero-order valence-electron chi connectivity index (χ0n) is 13.4. The summed E-state index contributed by atoms with van der Waals surface area (Å²) in [6.45, 7) is -0.269. The molecule has 26 heavy (non-hydrogen) atoms. The third kappa shape index (κ3) is 3.39. The number of amides is 1. The minimum absolute atomic E-state index is 0.0496. The van der Waals surface area contributed by atoms with E-state index in [2.05, 4.69) is 10.4 Å². The number of sulfone groups is 1. The maximum Gasteiger partial charge on any atom is 0.420 e. The van der Waals surface area contributed by atoms with Crippen LogP contribution >= 0.6 is 0 Å². The number of fused-ring (bicyclic) bond motifs is 1. The minimum atomic E-state index is -4.73. The molecule has 1 unspecified atom stereocenters. The van der Waals surface area contributed by atoms with Crippen LogP contribution in [-0.2, 0) is 23.1 Å². The van der Waals surface area contributed by atoms with Crippen molar-refractivity contribution in [1.82, 2.24) is 15.1 Å². The highest BCUT2D eigenvalue weighted by Gasteiger charge is 2.38. The van der Waals surface area contributed by atoms with Crippen LogP contribution in [0.15, 0.2) is 35.4 Å². The Morgan fingerprint density at radius 1 is 1.38 bits per heavy atom. The van der Waals surface area contributed by atoms with E-state index in [4.69, 9.17) is 4.74 Å². The van der Waals surface area contributed by atoms with Crippen LogP contribution in [0.5, 0.6) is 5.75 Å². The summed E-state index contributed by atoms with van der Waals surface area (Å²) in [5.41, 5.74) is -1.82. The molecule has 1 aliphatic rings. The van der Waals surface area contributed by atoms with Crippen LogP contribution in [0.3, 0.4) is 0 Å². The highest BCUT2D eigenvalue weighted by Crippen LogP contribution is 2.32. The first kappa shape index (κ1) is 18.2. The fraction of sp³-hybridized carbons (Fsp3) is 0.333. The van der Waals surface area contributed by atoms with Gasteiger partial charge in [0.15, 0.2) is 9.84 Å². The summed E-state index contributed by atoms with van der Waals surface area (Å²) in [7, 11) is -2.40. The van der Waals surface area contributed by atoms with Gasteiger partial charge in [-0.05, 0) is 12.1 Å². The Kier molecular flexibility index (Phi) is 4.42. The number of alkyl halides is 3. The van der Waals surface area contributed by atoms with Crippen molar-refractivity contribution in [1.29, 1.82) is 0 Å². The Balaban J connectivity index is 1.75. The Hall–Kier alpha value is -2.56. The third-order valence-electron chi connectivity index (χ3n) is 3.83. The van der Waals surface area contributed by atoms with Gasteiger partial charge < -0.3 is 10.1 Å². The van der Waals surface area contributed by atoms with Gasteiger partial charge in [0.2, 0.25) is 0 Å². The van der Waals surface area contributed by atoms with Crippen molar-refractivity contribution in [3.63, 3.8) is 0 Å². The second-order valence-electron chi connectivity index (χ2n) is 5.71. The lowest BCUT2D eigenvalue weighted by molar-refractivity contribution is -0.138. The zero-order chi connectivity index (χ0) is 19.1. The van der Waals surface area contributed by atoms with Gasteiger partial charge in [0.25, 0.3) is 5.91 Å². The number of benzene rings is 1. The third-order valence-corrected chi connectivity index (χ3v) is 5.65. The van der Waals surface area contributed by atoms with Gasteiger partial charge in [-0.15, -0.1) is 0 Å². The van der Waals surface area contributed by atoms with Gasteiger partial charge in [-0.25, -0.2) is 8.42 Å². The van der Waals surface area contributed by atoms with Gasteiger partial charge in [0.05, 0.1) is 18.5 Å². The molecule has 1 atom stereocenters. The standard InChI is InChI=1S/C15H14F3N3O4S/c1-21-13(10(7-20-21)15(16,17)18)14(22)19-6-9-8-26(23,24)12-5-3-2-4-11(12)25-9/h2-5,7,9H,6,8H2,1H3,(H,19,22). The molecule has 11 heteroatoms. The van der Waals surface area contributed by atoms with Gasteiger partial charge in [0, 0.05) is 7.05 Å². The Morgan fingerprint density at radius 2 is 2.08 bits per heavy atom. The maximum absolute atomic E-state index is 12.9. The Labute approximate surface area is 146 Å². The number of halogens is 3. The number of aromatic nitrogens is 2. The average Bonchev–Trinajstić information content (AvgIpc) is 2.94. The topological polar surface area (TPSA) is 90.3 Å². The Bertz CT molecular complexity index is 953. The van der Waals surface area contributed by atoms with Gasteiger partial charge in [0.1, 0.15) is 28.0 Å². The van der Waals surface area contributed by atoms with E-state index in [9.17, 15) is 26.4 Å². The molecule has 140 valence electrons. The highest BCUT2D eigenvalue weighted by atomic mass is 32.2. The molecule has 0 aliphatic carbocycles. The molecule has 0 radical (unpaired) electrons. The van der Waals surface area contributed by atoms with Gasteiger partial charge in [-0.1, -0.05) is 12.1 Å². The number of ether oxygens (including phenoxy) is 1. The molecule has 2 heterocycles. The van der Waals surface area contributed by atoms with Gasteiger partial charge >= 0.3 is 6.18 Å². The number of rotatable bonds is 3. The molecular weight excluding hydrogens is 375 g/mol. The first-order valence-corrected chi connectivity index (χ1v) is 9.10. The molecule has 1 N–H and O–H groups in total. The summed E-state index contributed by atoms with van der Waals surface area (Å²) in [5, 5.41) is 5.75. The molecule has 3 rings (SSSR count). The van der Waals surface area contributed by atoms with Crippen molar-refractivity contribution in [2.75, 3.05) is 12.3 Å². The SMILES string of the molecule is Cn1ncc(C(F)(F)F)c1C(=O)NCC1CS(=O)(=O)c2ccccc2O1. The monoisotopic (exact) mass is 389 g/mol. The van der Waals surface area contributed by atoms with Crippen LogP contribution in [0.25, 0.3) is 0 Å². The van der Waals surface area contributed by atoms with E-state index in [1.165, 1.54) is 19.2 Å². The van der Waals surface area contributed by atoms with E-state index in [1.807, 2.05) is 0 Å². The molecule has 0 saturated heterocycles. The predicted molar refractivity (Wildman–Crippen MR) is 83.5 cm³/mol. The van der Waals surface area contributed by atoms with Crippen molar-refractivity contribution < 1.29 is 31.1 Å². The van der Waals surface area contributed by atoms with E-state index in [0.29, 0.717) is 6.20 Å². The van der Waals surface area contributed by atoms with E-state index >= 15 is 0 Å². The number of nitrogens with one attached hydrogen (secondary N) is 1. The van der Waals surface area contributed by atoms with E-state index in [-0.39, 0.29) is 22.9 Å². The van der Waals surface area contributed by atoms with Crippen LogP contribution in [-0.4, -0.2) is 42.5 Å². The molecule has 1 aromatic heterocycles. The fourth-order valence-electron chi connectivity index (χ4n) is 2.66. The molecular formula is C15H14F3N3O4S. The summed E-state index contributed by atoms with van der Waals surface area (Å²) >= 11 is 0. The number of para-hydroxylation sites is 1. The largest absolute Gasteiger partial charge is 0.486 e. The second-order valence-corrected chi connectivity index (χ2v) is 7.71. The van der Waals surface area contributed by atoms with Crippen molar-refractivity contribution >= 4 is 15.7 Å². The first-order valence-electron chi connectivity index (χ1n) is 7.45. The number of carbonyl (C=O) groups excluding carboxylic acids is 1. The quantitative estimate of drug-likeness (QED) is 0.857. The molecule has 2 aromatic rings. The number of hydrogen-bond acceptors (Lipinski definition) is 5. The summed E-state index contributed by atoms with van der Waals surface area (Å²) in [4.78, 5) is 12.2. The zero-order valence-corrected chi connectivity index (χ0v) is 14.3. The van der Waals surface area contributed by atoms with Crippen molar-refractivity contribution in [3.05, 3.63) is 41.7 Å². The molecule has 1 aromatic carbocycles. The minimum Gasteiger partial charge on any atom is -0.486 e. The van der Waals surface area contributed by atoms with Crippen LogP contribution in [0.4, 0.5) is 13.2 Å². The molecule has 1 aliphatic heterocycles. The maximum atomic E-state index is 12.9. The van der Waals surface area contributed by atoms with Crippen molar-refractivity contribution in [2.24, 2.45) is 7.05 Å². The van der Waals surface area contributed by atoms with Gasteiger partial charge in [-0.2, -0.15) is 18.3 Å². The van der Waals surface area contributed by atoms with Crippen LogP contribution < -0.4 is 10.1 Å². The summed E-state index contributed by atoms with van der Waals surface area (Å²) in [5.74, 6) is -1.26. The molecule has 0 saturated carbocycles. The van der Waals surface area contributed by atoms with Crippen LogP contribution in [0, 0.1) is 0 Å². The predicted octanol–water partition coefficient (Wildman–Crippen LogP) is 1.40. The van der Waals surface area contributed by atoms with Crippen molar-refractivity contribution in [2.45, 2.75) is 17.2 Å². The normalized spacial score (nSPS) is 18.7. The summed E-state index contributed by atoms with van der Waals surface area (Å²) in [6, 6.07) is 6.04. The molecule has 0 fully saturated rings. The lowest BCUT2D eigenvalue weighted by Gasteiger charge is -2.26. The van der Waals surface area contributed by atoms with Crippen LogP contribution in [0.1, 0.15) is 16.1 Å². The lowest BCUT2D eigenvalue weighted by Crippen LogP contribution is -2.42.